The number of amides is 1. The highest BCUT2D eigenvalue weighted by atomic mass is 35.5. The van der Waals surface area contributed by atoms with E-state index in [0.717, 1.165) is 11.8 Å². The van der Waals surface area contributed by atoms with Crippen LogP contribution < -0.4 is 5.32 Å². The number of carbonyl (C=O) groups excluding carboxylic acids is 1. The number of carbonyl (C=O) groups is 1. The van der Waals surface area contributed by atoms with E-state index in [4.69, 9.17) is 11.6 Å². The molecule has 20 heavy (non-hydrogen) atoms. The second-order valence-corrected chi connectivity index (χ2v) is 6.70. The monoisotopic (exact) mass is 293 g/mol. The van der Waals surface area contributed by atoms with Gasteiger partial charge in [-0.25, -0.2) is 0 Å². The number of phenols is 1. The molecule has 0 radical (unpaired) electrons. The Morgan fingerprint density at radius 3 is 2.80 bits per heavy atom. The molecule has 0 spiro atoms. The topological polar surface area (TPSA) is 49.3 Å². The molecule has 4 heteroatoms. The molecule has 2 aliphatic rings. The van der Waals surface area contributed by atoms with Crippen LogP contribution in [0.1, 0.15) is 43.0 Å². The molecule has 2 N–H and O–H groups in total. The van der Waals surface area contributed by atoms with E-state index in [1.165, 1.54) is 31.7 Å². The predicted octanol–water partition coefficient (Wildman–Crippen LogP) is 3.60. The highest BCUT2D eigenvalue weighted by molar-refractivity contribution is 6.30. The minimum atomic E-state index is -0.213. The van der Waals surface area contributed by atoms with Crippen LogP contribution in [0.15, 0.2) is 18.2 Å². The van der Waals surface area contributed by atoms with Crippen molar-refractivity contribution in [2.75, 3.05) is 0 Å². The minimum Gasteiger partial charge on any atom is -0.507 e. The van der Waals surface area contributed by atoms with Crippen LogP contribution in [0.5, 0.6) is 5.75 Å². The first-order valence-electron chi connectivity index (χ1n) is 7.34. The molecule has 2 saturated carbocycles. The van der Waals surface area contributed by atoms with Crippen LogP contribution >= 0.6 is 11.6 Å². The Hall–Kier alpha value is -1.22. The van der Waals surface area contributed by atoms with Crippen molar-refractivity contribution in [3.8, 4) is 5.75 Å². The van der Waals surface area contributed by atoms with Crippen LogP contribution in [0.4, 0.5) is 0 Å². The lowest BCUT2D eigenvalue weighted by molar-refractivity contribution is 0.0912. The maximum Gasteiger partial charge on any atom is 0.255 e. The summed E-state index contributed by atoms with van der Waals surface area (Å²) in [7, 11) is 0. The Balaban J connectivity index is 1.66. The smallest absolute Gasteiger partial charge is 0.255 e. The van der Waals surface area contributed by atoms with Crippen molar-refractivity contribution in [2.24, 2.45) is 17.8 Å². The molecular weight excluding hydrogens is 274 g/mol. The maximum absolute atomic E-state index is 12.2. The Morgan fingerprint density at radius 2 is 2.20 bits per heavy atom. The number of rotatable bonds is 3. The summed E-state index contributed by atoms with van der Waals surface area (Å²) in [4.78, 5) is 12.2. The van der Waals surface area contributed by atoms with Gasteiger partial charge < -0.3 is 10.4 Å². The van der Waals surface area contributed by atoms with Crippen LogP contribution in [-0.2, 0) is 0 Å². The van der Waals surface area contributed by atoms with Gasteiger partial charge >= 0.3 is 0 Å². The second-order valence-electron chi connectivity index (χ2n) is 6.26. The molecule has 0 saturated heterocycles. The molecule has 1 amide bonds. The zero-order chi connectivity index (χ0) is 14.3. The third-order valence-corrected chi connectivity index (χ3v) is 5.23. The van der Waals surface area contributed by atoms with Gasteiger partial charge in [0.2, 0.25) is 0 Å². The zero-order valence-corrected chi connectivity index (χ0v) is 12.4. The molecule has 0 heterocycles. The minimum absolute atomic E-state index is 0.0601. The fraction of sp³-hybridized carbons (Fsp3) is 0.562. The van der Waals surface area contributed by atoms with Gasteiger partial charge in [0.05, 0.1) is 5.56 Å². The maximum atomic E-state index is 12.2. The van der Waals surface area contributed by atoms with Gasteiger partial charge in [0.1, 0.15) is 5.75 Å². The van der Waals surface area contributed by atoms with Gasteiger partial charge in [0.15, 0.2) is 0 Å². The summed E-state index contributed by atoms with van der Waals surface area (Å²) in [6.07, 6.45) is 5.23. The molecule has 0 aromatic heterocycles. The SMILES string of the molecule is CC(NC(=O)c1ccc(Cl)cc1O)C1CC2CCC1C2. The van der Waals surface area contributed by atoms with Crippen molar-refractivity contribution in [3.05, 3.63) is 28.8 Å². The second kappa shape index (κ2) is 5.28. The van der Waals surface area contributed by atoms with Gasteiger partial charge in [-0.05, 0) is 62.1 Å². The average molecular weight is 294 g/mol. The molecular formula is C16H20ClNO2. The molecule has 4 atom stereocenters. The van der Waals surface area contributed by atoms with Gasteiger partial charge in [-0.1, -0.05) is 18.0 Å². The summed E-state index contributed by atoms with van der Waals surface area (Å²) in [6, 6.07) is 4.75. The summed E-state index contributed by atoms with van der Waals surface area (Å²) in [5.41, 5.74) is 0.296. The quantitative estimate of drug-likeness (QED) is 0.894. The number of phenolic OH excluding ortho intramolecular Hbond substituents is 1. The Labute approximate surface area is 124 Å². The number of fused-ring (bicyclic) bond motifs is 2. The number of hydrogen-bond donors (Lipinski definition) is 2. The summed E-state index contributed by atoms with van der Waals surface area (Å²) >= 11 is 5.78. The Morgan fingerprint density at radius 1 is 1.40 bits per heavy atom. The summed E-state index contributed by atoms with van der Waals surface area (Å²) in [5.74, 6) is 1.96. The van der Waals surface area contributed by atoms with E-state index in [1.807, 2.05) is 0 Å². The standard InChI is InChI=1S/C16H20ClNO2/c1-9(14-7-10-2-3-11(14)6-10)18-16(20)13-5-4-12(17)8-15(13)19/h4-5,8-11,14,19H,2-3,6-7H2,1H3,(H,18,20). The molecule has 1 aromatic carbocycles. The molecule has 0 aliphatic heterocycles. The lowest BCUT2D eigenvalue weighted by Crippen LogP contribution is -2.40. The van der Waals surface area contributed by atoms with Crippen molar-refractivity contribution in [2.45, 2.75) is 38.6 Å². The highest BCUT2D eigenvalue weighted by Crippen LogP contribution is 2.49. The largest absolute Gasteiger partial charge is 0.507 e. The molecule has 2 aliphatic carbocycles. The normalized spacial score (nSPS) is 29.4. The molecule has 3 nitrogen and oxygen atoms in total. The van der Waals surface area contributed by atoms with Crippen molar-refractivity contribution >= 4 is 17.5 Å². The van der Waals surface area contributed by atoms with Crippen LogP contribution in [0.25, 0.3) is 0 Å². The van der Waals surface area contributed by atoms with Gasteiger partial charge in [-0.2, -0.15) is 0 Å². The van der Waals surface area contributed by atoms with E-state index >= 15 is 0 Å². The molecule has 2 fully saturated rings. The van der Waals surface area contributed by atoms with Crippen molar-refractivity contribution in [3.63, 3.8) is 0 Å². The highest BCUT2D eigenvalue weighted by Gasteiger charge is 2.42. The van der Waals surface area contributed by atoms with E-state index in [9.17, 15) is 9.90 Å². The van der Waals surface area contributed by atoms with E-state index < -0.39 is 0 Å². The first-order chi connectivity index (χ1) is 9.54. The van der Waals surface area contributed by atoms with Crippen LogP contribution in [0.3, 0.4) is 0 Å². The Kier molecular flexibility index (Phi) is 3.63. The number of benzene rings is 1. The van der Waals surface area contributed by atoms with Crippen molar-refractivity contribution in [1.29, 1.82) is 0 Å². The average Bonchev–Trinajstić information content (AvgIpc) is 3.00. The summed E-state index contributed by atoms with van der Waals surface area (Å²) in [6.45, 7) is 2.08. The van der Waals surface area contributed by atoms with Gasteiger partial charge in [-0.3, -0.25) is 4.79 Å². The lowest BCUT2D eigenvalue weighted by atomic mass is 9.84. The number of halogens is 1. The first-order valence-corrected chi connectivity index (χ1v) is 7.71. The van der Waals surface area contributed by atoms with E-state index in [1.54, 1.807) is 12.1 Å². The zero-order valence-electron chi connectivity index (χ0n) is 11.6. The molecule has 2 bridgehead atoms. The fourth-order valence-corrected chi connectivity index (χ4v) is 4.16. The first kappa shape index (κ1) is 13.7. The van der Waals surface area contributed by atoms with E-state index in [-0.39, 0.29) is 17.7 Å². The van der Waals surface area contributed by atoms with Crippen molar-refractivity contribution in [1.82, 2.24) is 5.32 Å². The molecule has 3 rings (SSSR count). The number of aromatic hydroxyl groups is 1. The lowest BCUT2D eigenvalue weighted by Gasteiger charge is -2.28. The fourth-order valence-electron chi connectivity index (χ4n) is 3.99. The Bertz CT molecular complexity index is 531. The molecule has 4 unspecified atom stereocenters. The van der Waals surface area contributed by atoms with E-state index in [0.29, 0.717) is 16.5 Å². The molecule has 1 aromatic rings. The van der Waals surface area contributed by atoms with Gasteiger partial charge in [0.25, 0.3) is 5.91 Å². The predicted molar refractivity (Wildman–Crippen MR) is 79.0 cm³/mol. The van der Waals surface area contributed by atoms with Crippen LogP contribution in [-0.4, -0.2) is 17.1 Å². The third-order valence-electron chi connectivity index (χ3n) is 5.00. The third kappa shape index (κ3) is 2.51. The van der Waals surface area contributed by atoms with Crippen molar-refractivity contribution < 1.29 is 9.90 Å². The summed E-state index contributed by atoms with van der Waals surface area (Å²) < 4.78 is 0. The number of nitrogens with one attached hydrogen (secondary N) is 1. The summed E-state index contributed by atoms with van der Waals surface area (Å²) in [5, 5.41) is 13.3. The van der Waals surface area contributed by atoms with Crippen LogP contribution in [0.2, 0.25) is 5.02 Å². The van der Waals surface area contributed by atoms with Gasteiger partial charge in [0, 0.05) is 11.1 Å². The van der Waals surface area contributed by atoms with Crippen LogP contribution in [0, 0.1) is 17.8 Å². The molecule has 108 valence electrons. The number of hydrogen-bond acceptors (Lipinski definition) is 2. The van der Waals surface area contributed by atoms with E-state index in [2.05, 4.69) is 12.2 Å². The van der Waals surface area contributed by atoms with Gasteiger partial charge in [-0.15, -0.1) is 0 Å².